The molecular weight excluding hydrogens is 188 g/mol. The molecular formula is C12H28N2O. The monoisotopic (exact) mass is 216 g/mol. The molecule has 0 radical (unpaired) electrons. The van der Waals surface area contributed by atoms with Crippen molar-refractivity contribution in [3.8, 4) is 0 Å². The molecule has 1 saturated heterocycles. The Morgan fingerprint density at radius 1 is 1.07 bits per heavy atom. The molecule has 1 aliphatic rings. The molecule has 0 unspecified atom stereocenters. The smallest absolute Gasteiger partial charge is 0.0596 e. The molecule has 0 aromatic rings. The minimum atomic E-state index is 0.368. The second kappa shape index (κ2) is 9.13. The summed E-state index contributed by atoms with van der Waals surface area (Å²) in [5, 5.41) is 0. The lowest BCUT2D eigenvalue weighted by molar-refractivity contribution is 0.0478. The van der Waals surface area contributed by atoms with E-state index in [0.717, 1.165) is 13.2 Å². The molecule has 0 amide bonds. The summed E-state index contributed by atoms with van der Waals surface area (Å²) in [6.45, 7) is 14.9. The highest BCUT2D eigenvalue weighted by Crippen LogP contribution is 1.98. The second-order valence-corrected chi connectivity index (χ2v) is 4.06. The van der Waals surface area contributed by atoms with E-state index in [-0.39, 0.29) is 0 Å². The standard InChI is InChI=1S/C10H22N2O.C2H6/c1-10(2)13-9-8-12-6-4-11(3)5-7-12;1-2/h10H,4-9H2,1-3H3;1-2H3. The van der Waals surface area contributed by atoms with Crippen molar-refractivity contribution in [2.45, 2.75) is 33.8 Å². The third-order valence-corrected chi connectivity index (χ3v) is 2.45. The van der Waals surface area contributed by atoms with Gasteiger partial charge in [-0.15, -0.1) is 0 Å². The summed E-state index contributed by atoms with van der Waals surface area (Å²) < 4.78 is 5.52. The maximum atomic E-state index is 5.52. The van der Waals surface area contributed by atoms with E-state index in [1.54, 1.807) is 0 Å². The Balaban J connectivity index is 0.000000921. The average molecular weight is 216 g/mol. The number of piperazine rings is 1. The minimum absolute atomic E-state index is 0.368. The Morgan fingerprint density at radius 2 is 1.60 bits per heavy atom. The highest BCUT2D eigenvalue weighted by Gasteiger charge is 2.12. The van der Waals surface area contributed by atoms with Crippen LogP contribution in [0.5, 0.6) is 0 Å². The van der Waals surface area contributed by atoms with E-state index in [2.05, 4.69) is 30.7 Å². The molecule has 1 fully saturated rings. The zero-order valence-corrected chi connectivity index (χ0v) is 11.1. The number of nitrogens with zero attached hydrogens (tertiary/aromatic N) is 2. The normalized spacial score (nSPS) is 18.8. The van der Waals surface area contributed by atoms with Gasteiger partial charge in [0.2, 0.25) is 0 Å². The number of hydrogen-bond acceptors (Lipinski definition) is 3. The molecule has 1 aliphatic heterocycles. The summed E-state index contributed by atoms with van der Waals surface area (Å²) in [5.74, 6) is 0. The van der Waals surface area contributed by atoms with Crippen LogP contribution in [0.4, 0.5) is 0 Å². The van der Waals surface area contributed by atoms with Crippen LogP contribution in [0.3, 0.4) is 0 Å². The van der Waals surface area contributed by atoms with Gasteiger partial charge in [0.15, 0.2) is 0 Å². The molecule has 0 saturated carbocycles. The Labute approximate surface area is 95.4 Å². The van der Waals surface area contributed by atoms with Crippen LogP contribution >= 0.6 is 0 Å². The number of ether oxygens (including phenoxy) is 1. The molecule has 0 aromatic carbocycles. The van der Waals surface area contributed by atoms with Crippen LogP contribution in [0.25, 0.3) is 0 Å². The third-order valence-electron chi connectivity index (χ3n) is 2.45. The Bertz CT molecular complexity index is 132. The van der Waals surface area contributed by atoms with Gasteiger partial charge in [-0.2, -0.15) is 0 Å². The summed E-state index contributed by atoms with van der Waals surface area (Å²) in [4.78, 5) is 4.85. The lowest BCUT2D eigenvalue weighted by Gasteiger charge is -2.32. The fourth-order valence-corrected chi connectivity index (χ4v) is 1.49. The van der Waals surface area contributed by atoms with Crippen molar-refractivity contribution < 1.29 is 4.74 Å². The van der Waals surface area contributed by atoms with E-state index in [9.17, 15) is 0 Å². The number of hydrogen-bond donors (Lipinski definition) is 0. The Hall–Kier alpha value is -0.120. The Kier molecular flexibility index (Phi) is 9.06. The van der Waals surface area contributed by atoms with Gasteiger partial charge in [0.05, 0.1) is 12.7 Å². The van der Waals surface area contributed by atoms with Gasteiger partial charge in [0.25, 0.3) is 0 Å². The fourth-order valence-electron chi connectivity index (χ4n) is 1.49. The summed E-state index contributed by atoms with van der Waals surface area (Å²) in [6.07, 6.45) is 0.368. The first-order chi connectivity index (χ1) is 7.18. The van der Waals surface area contributed by atoms with Crippen molar-refractivity contribution in [3.05, 3.63) is 0 Å². The van der Waals surface area contributed by atoms with Gasteiger partial charge in [-0.25, -0.2) is 0 Å². The topological polar surface area (TPSA) is 15.7 Å². The first kappa shape index (κ1) is 14.9. The van der Waals surface area contributed by atoms with Crippen LogP contribution in [-0.4, -0.2) is 62.3 Å². The van der Waals surface area contributed by atoms with Crippen LogP contribution < -0.4 is 0 Å². The Morgan fingerprint density at radius 3 is 2.07 bits per heavy atom. The van der Waals surface area contributed by atoms with E-state index in [1.807, 2.05) is 13.8 Å². The lowest BCUT2D eigenvalue weighted by Crippen LogP contribution is -2.45. The molecule has 0 spiro atoms. The molecule has 0 aliphatic carbocycles. The molecule has 1 heterocycles. The van der Waals surface area contributed by atoms with Gasteiger partial charge in [0, 0.05) is 32.7 Å². The largest absolute Gasteiger partial charge is 0.377 e. The van der Waals surface area contributed by atoms with E-state index in [0.29, 0.717) is 6.10 Å². The minimum Gasteiger partial charge on any atom is -0.377 e. The fraction of sp³-hybridized carbons (Fsp3) is 1.00. The highest BCUT2D eigenvalue weighted by atomic mass is 16.5. The summed E-state index contributed by atoms with van der Waals surface area (Å²) in [5.41, 5.74) is 0. The zero-order valence-electron chi connectivity index (χ0n) is 11.1. The van der Waals surface area contributed by atoms with Crippen molar-refractivity contribution >= 4 is 0 Å². The quantitative estimate of drug-likeness (QED) is 0.711. The van der Waals surface area contributed by atoms with Gasteiger partial charge < -0.3 is 9.64 Å². The van der Waals surface area contributed by atoms with E-state index in [1.165, 1.54) is 26.2 Å². The molecule has 0 atom stereocenters. The zero-order chi connectivity index (χ0) is 11.7. The highest BCUT2D eigenvalue weighted by molar-refractivity contribution is 4.68. The van der Waals surface area contributed by atoms with Crippen molar-refractivity contribution in [1.29, 1.82) is 0 Å². The van der Waals surface area contributed by atoms with E-state index < -0.39 is 0 Å². The molecule has 1 rings (SSSR count). The van der Waals surface area contributed by atoms with Crippen LogP contribution in [0.2, 0.25) is 0 Å². The second-order valence-electron chi connectivity index (χ2n) is 4.06. The van der Waals surface area contributed by atoms with E-state index >= 15 is 0 Å². The molecule has 0 N–H and O–H groups in total. The van der Waals surface area contributed by atoms with Crippen molar-refractivity contribution in [2.24, 2.45) is 0 Å². The van der Waals surface area contributed by atoms with Crippen LogP contribution in [0.15, 0.2) is 0 Å². The third kappa shape index (κ3) is 7.77. The van der Waals surface area contributed by atoms with Crippen molar-refractivity contribution in [1.82, 2.24) is 9.80 Å². The predicted octanol–water partition coefficient (Wildman–Crippen LogP) is 1.69. The average Bonchev–Trinajstić information content (AvgIpc) is 2.23. The number of likely N-dealkylation sites (N-methyl/N-ethyl adjacent to an activating group) is 1. The molecule has 3 nitrogen and oxygen atoms in total. The van der Waals surface area contributed by atoms with Crippen LogP contribution in [-0.2, 0) is 4.74 Å². The maximum absolute atomic E-state index is 5.52. The lowest BCUT2D eigenvalue weighted by atomic mass is 10.3. The molecule has 92 valence electrons. The SMILES string of the molecule is CC.CC(C)OCCN1CCN(C)CC1. The van der Waals surface area contributed by atoms with Crippen LogP contribution in [0, 0.1) is 0 Å². The molecule has 0 bridgehead atoms. The van der Waals surface area contributed by atoms with Gasteiger partial charge >= 0.3 is 0 Å². The molecule has 3 heteroatoms. The van der Waals surface area contributed by atoms with Gasteiger partial charge in [-0.3, -0.25) is 4.90 Å². The summed E-state index contributed by atoms with van der Waals surface area (Å²) in [6, 6.07) is 0. The van der Waals surface area contributed by atoms with Crippen LogP contribution in [0.1, 0.15) is 27.7 Å². The predicted molar refractivity (Wildman–Crippen MR) is 66.4 cm³/mol. The van der Waals surface area contributed by atoms with Gasteiger partial charge in [-0.1, -0.05) is 13.8 Å². The summed E-state index contributed by atoms with van der Waals surface area (Å²) in [7, 11) is 2.18. The van der Waals surface area contributed by atoms with Crippen molar-refractivity contribution in [2.75, 3.05) is 46.4 Å². The molecule has 15 heavy (non-hydrogen) atoms. The van der Waals surface area contributed by atoms with Gasteiger partial charge in [0.1, 0.15) is 0 Å². The van der Waals surface area contributed by atoms with Crippen molar-refractivity contribution in [3.63, 3.8) is 0 Å². The van der Waals surface area contributed by atoms with Gasteiger partial charge in [-0.05, 0) is 20.9 Å². The summed E-state index contributed by atoms with van der Waals surface area (Å²) >= 11 is 0. The van der Waals surface area contributed by atoms with E-state index in [4.69, 9.17) is 4.74 Å². The first-order valence-electron chi connectivity index (χ1n) is 6.21. The number of rotatable bonds is 4. The first-order valence-corrected chi connectivity index (χ1v) is 6.21. The molecule has 0 aromatic heterocycles. The maximum Gasteiger partial charge on any atom is 0.0596 e.